The van der Waals surface area contributed by atoms with Crippen LogP contribution in [-0.4, -0.2) is 47.4 Å². The van der Waals surface area contributed by atoms with Gasteiger partial charge >= 0.3 is 5.97 Å². The highest BCUT2D eigenvalue weighted by Crippen LogP contribution is 2.17. The maximum absolute atomic E-state index is 12.4. The first-order valence-electron chi connectivity index (χ1n) is 26.3. The first-order chi connectivity index (χ1) is 28.5. The molecule has 0 bridgehead atoms. The average molecular weight is 822 g/mol. The highest BCUT2D eigenvalue weighted by molar-refractivity contribution is 5.76. The van der Waals surface area contributed by atoms with Crippen molar-refractivity contribution in [3.05, 3.63) is 0 Å². The highest BCUT2D eigenvalue weighted by Gasteiger charge is 2.20. The Kier molecular flexibility index (Phi) is 47.6. The zero-order valence-electron chi connectivity index (χ0n) is 39.3. The van der Waals surface area contributed by atoms with Crippen LogP contribution in [-0.2, 0) is 14.3 Å². The summed E-state index contributed by atoms with van der Waals surface area (Å²) in [5.41, 5.74) is 0. The second kappa shape index (κ2) is 48.5. The van der Waals surface area contributed by atoms with Gasteiger partial charge in [0.05, 0.1) is 25.4 Å². The topological polar surface area (TPSA) is 95.9 Å². The normalized spacial score (nSPS) is 12.6. The number of unbranched alkanes of at least 4 members (excludes halogenated alkanes) is 38. The van der Waals surface area contributed by atoms with E-state index in [1.165, 1.54) is 205 Å². The Morgan fingerprint density at radius 2 is 0.707 bits per heavy atom. The number of amides is 1. The summed E-state index contributed by atoms with van der Waals surface area (Å²) in [6.45, 7) is 4.92. The first kappa shape index (κ1) is 56.9. The Morgan fingerprint density at radius 3 is 1.05 bits per heavy atom. The summed E-state index contributed by atoms with van der Waals surface area (Å²) < 4.78 is 5.47. The van der Waals surface area contributed by atoms with Gasteiger partial charge in [0, 0.05) is 12.8 Å². The van der Waals surface area contributed by atoms with Crippen molar-refractivity contribution in [1.82, 2.24) is 5.32 Å². The van der Waals surface area contributed by atoms with Gasteiger partial charge in [-0.1, -0.05) is 258 Å². The van der Waals surface area contributed by atoms with Crippen LogP contribution in [0.2, 0.25) is 0 Å². The molecule has 0 saturated carbocycles. The monoisotopic (exact) mass is 822 g/mol. The van der Waals surface area contributed by atoms with Crippen LogP contribution >= 0.6 is 0 Å². The Balaban J connectivity index is 3.43. The lowest BCUT2D eigenvalue weighted by atomic mass is 10.0. The van der Waals surface area contributed by atoms with Gasteiger partial charge in [-0.25, -0.2) is 0 Å². The number of carbonyl (C=O) groups is 2. The largest absolute Gasteiger partial charge is 0.466 e. The lowest BCUT2D eigenvalue weighted by molar-refractivity contribution is -0.143. The van der Waals surface area contributed by atoms with E-state index in [2.05, 4.69) is 19.2 Å². The van der Waals surface area contributed by atoms with Gasteiger partial charge in [0.1, 0.15) is 0 Å². The molecule has 0 aliphatic rings. The van der Waals surface area contributed by atoms with Crippen molar-refractivity contribution < 1.29 is 24.5 Å². The van der Waals surface area contributed by atoms with Gasteiger partial charge in [-0.2, -0.15) is 0 Å². The lowest BCUT2D eigenvalue weighted by Gasteiger charge is -2.22. The summed E-state index contributed by atoms with van der Waals surface area (Å²) >= 11 is 0. The van der Waals surface area contributed by atoms with Crippen LogP contribution in [0.1, 0.15) is 296 Å². The molecule has 1 amide bonds. The molecule has 0 aromatic rings. The van der Waals surface area contributed by atoms with E-state index in [1.54, 1.807) is 0 Å². The van der Waals surface area contributed by atoms with Gasteiger partial charge in [0.2, 0.25) is 5.91 Å². The summed E-state index contributed by atoms with van der Waals surface area (Å²) in [6.07, 6.45) is 53.6. The van der Waals surface area contributed by atoms with E-state index >= 15 is 0 Å². The first-order valence-corrected chi connectivity index (χ1v) is 26.3. The molecule has 2 atom stereocenters. The maximum atomic E-state index is 12.4. The van der Waals surface area contributed by atoms with Crippen LogP contribution in [0.3, 0.4) is 0 Å². The number of aliphatic hydroxyl groups is 2. The zero-order valence-corrected chi connectivity index (χ0v) is 39.3. The molecule has 0 aromatic heterocycles. The van der Waals surface area contributed by atoms with Gasteiger partial charge in [0.25, 0.3) is 0 Å². The van der Waals surface area contributed by atoms with Crippen molar-refractivity contribution in [2.24, 2.45) is 0 Å². The fraction of sp³-hybridized carbons (Fsp3) is 0.962. The minimum Gasteiger partial charge on any atom is -0.466 e. The summed E-state index contributed by atoms with van der Waals surface area (Å²) in [5, 5.41) is 23.2. The number of carbonyl (C=O) groups excluding carboxylic acids is 2. The van der Waals surface area contributed by atoms with Gasteiger partial charge in [-0.15, -0.1) is 0 Å². The van der Waals surface area contributed by atoms with E-state index in [0.29, 0.717) is 25.9 Å². The van der Waals surface area contributed by atoms with Gasteiger partial charge in [-0.05, 0) is 25.7 Å². The van der Waals surface area contributed by atoms with Crippen LogP contribution in [0.15, 0.2) is 0 Å². The van der Waals surface area contributed by atoms with Crippen molar-refractivity contribution in [2.45, 2.75) is 309 Å². The van der Waals surface area contributed by atoms with Crippen molar-refractivity contribution >= 4 is 11.9 Å². The number of aliphatic hydroxyl groups excluding tert-OH is 2. The molecule has 0 saturated heterocycles. The summed E-state index contributed by atoms with van der Waals surface area (Å²) in [4.78, 5) is 24.5. The molecule has 0 spiro atoms. The minimum atomic E-state index is -0.676. The molecule has 58 heavy (non-hydrogen) atoms. The SMILES string of the molecule is CCCCCCCCCCCCCCCCCCCCC(=O)OCCCCCCCCCCCCC(=O)NC(CO)C(O)CCCCCCCCCCCCCCC. The van der Waals surface area contributed by atoms with E-state index in [-0.39, 0.29) is 18.5 Å². The number of hydrogen-bond donors (Lipinski definition) is 3. The number of nitrogens with one attached hydrogen (secondary N) is 1. The molecule has 0 aliphatic carbocycles. The smallest absolute Gasteiger partial charge is 0.305 e. The van der Waals surface area contributed by atoms with Crippen LogP contribution < -0.4 is 5.32 Å². The summed E-state index contributed by atoms with van der Waals surface area (Å²) in [7, 11) is 0. The molecule has 346 valence electrons. The molecule has 3 N–H and O–H groups in total. The fourth-order valence-corrected chi connectivity index (χ4v) is 8.35. The zero-order chi connectivity index (χ0) is 42.3. The van der Waals surface area contributed by atoms with E-state index in [4.69, 9.17) is 4.74 Å². The van der Waals surface area contributed by atoms with Gasteiger partial charge in [-0.3, -0.25) is 9.59 Å². The number of ether oxygens (including phenoxy) is 1. The molecule has 6 nitrogen and oxygen atoms in total. The lowest BCUT2D eigenvalue weighted by Crippen LogP contribution is -2.45. The van der Waals surface area contributed by atoms with E-state index in [1.807, 2.05) is 0 Å². The van der Waals surface area contributed by atoms with Crippen LogP contribution in [0.5, 0.6) is 0 Å². The van der Waals surface area contributed by atoms with Crippen LogP contribution in [0.25, 0.3) is 0 Å². The van der Waals surface area contributed by atoms with Crippen LogP contribution in [0.4, 0.5) is 0 Å². The molecule has 0 aliphatic heterocycles. The molecule has 0 fully saturated rings. The Labute approximate surface area is 362 Å². The Bertz CT molecular complexity index is 822. The number of rotatable bonds is 49. The van der Waals surface area contributed by atoms with Crippen molar-refractivity contribution in [3.8, 4) is 0 Å². The predicted octanol–water partition coefficient (Wildman–Crippen LogP) is 15.6. The quantitative estimate of drug-likeness (QED) is 0.0420. The maximum Gasteiger partial charge on any atom is 0.305 e. The second-order valence-electron chi connectivity index (χ2n) is 18.2. The van der Waals surface area contributed by atoms with Crippen molar-refractivity contribution in [2.75, 3.05) is 13.2 Å². The molecule has 0 radical (unpaired) electrons. The Morgan fingerprint density at radius 1 is 0.414 bits per heavy atom. The molecule has 6 heteroatoms. The minimum absolute atomic E-state index is 0.0139. The molecular formula is C52H103NO5. The standard InChI is InChI=1S/C52H103NO5/c1-3-5-7-9-11-13-15-17-18-19-20-21-23-25-30-34-38-42-46-52(57)58-47-43-39-35-31-27-26-29-33-37-41-45-51(56)53-49(48-54)50(55)44-40-36-32-28-24-22-16-14-12-10-8-6-4-2/h49-50,54-55H,3-48H2,1-2H3,(H,53,56). The summed E-state index contributed by atoms with van der Waals surface area (Å²) in [6, 6.07) is -0.555. The fourth-order valence-electron chi connectivity index (χ4n) is 8.35. The molecule has 0 aromatic carbocycles. The molecule has 2 unspecified atom stereocenters. The number of hydrogen-bond acceptors (Lipinski definition) is 5. The third-order valence-corrected chi connectivity index (χ3v) is 12.4. The summed E-state index contributed by atoms with van der Waals surface area (Å²) in [5.74, 6) is -0.0697. The van der Waals surface area contributed by atoms with E-state index in [9.17, 15) is 19.8 Å². The third-order valence-electron chi connectivity index (χ3n) is 12.4. The van der Waals surface area contributed by atoms with Gasteiger partial charge < -0.3 is 20.3 Å². The third kappa shape index (κ3) is 44.4. The molecular weight excluding hydrogens is 719 g/mol. The van der Waals surface area contributed by atoms with Crippen molar-refractivity contribution in [1.29, 1.82) is 0 Å². The highest BCUT2D eigenvalue weighted by atomic mass is 16.5. The molecule has 0 heterocycles. The predicted molar refractivity (Wildman–Crippen MR) is 250 cm³/mol. The average Bonchev–Trinajstić information content (AvgIpc) is 3.22. The number of esters is 1. The van der Waals surface area contributed by atoms with Crippen molar-refractivity contribution in [3.63, 3.8) is 0 Å². The van der Waals surface area contributed by atoms with Crippen LogP contribution in [0, 0.1) is 0 Å². The van der Waals surface area contributed by atoms with E-state index < -0.39 is 12.1 Å². The molecule has 0 rings (SSSR count). The van der Waals surface area contributed by atoms with E-state index in [0.717, 1.165) is 57.8 Å². The second-order valence-corrected chi connectivity index (χ2v) is 18.2. The van der Waals surface area contributed by atoms with Gasteiger partial charge in [0.15, 0.2) is 0 Å². The Hall–Kier alpha value is -1.14.